The van der Waals surface area contributed by atoms with Gasteiger partial charge in [-0.3, -0.25) is 0 Å². The van der Waals surface area contributed by atoms with Crippen LogP contribution in [-0.4, -0.2) is 29.0 Å². The monoisotopic (exact) mass is 224 g/mol. The third-order valence-electron chi connectivity index (χ3n) is 1.99. The minimum absolute atomic E-state index is 0.361. The summed E-state index contributed by atoms with van der Waals surface area (Å²) in [4.78, 5) is 0. The average molecular weight is 224 g/mol. The molecule has 0 aromatic heterocycles. The molecule has 0 rings (SSSR count). The van der Waals surface area contributed by atoms with Gasteiger partial charge in [-0.25, -0.2) is 0 Å². The summed E-state index contributed by atoms with van der Waals surface area (Å²) in [5.74, 6) is 0.361. The highest BCUT2D eigenvalue weighted by Crippen LogP contribution is 2.18. The van der Waals surface area contributed by atoms with Gasteiger partial charge in [0.15, 0.2) is 0 Å². The van der Waals surface area contributed by atoms with Gasteiger partial charge in [-0.05, 0) is 6.42 Å². The number of thiol groups is 1. The van der Waals surface area contributed by atoms with Crippen molar-refractivity contribution in [2.45, 2.75) is 32.2 Å². The van der Waals surface area contributed by atoms with Crippen LogP contribution in [0.3, 0.4) is 0 Å². The number of unbranched alkanes of at least 4 members (excludes halogenated alkanes) is 2. The average Bonchev–Trinajstić information content (AvgIpc) is 2.17. The maximum atomic E-state index is 5.43. The van der Waals surface area contributed by atoms with Crippen LogP contribution in [0.4, 0.5) is 0 Å². The van der Waals surface area contributed by atoms with Gasteiger partial charge >= 0.3 is 8.80 Å². The first kappa shape index (κ1) is 13.4. The zero-order valence-electron chi connectivity index (χ0n) is 8.71. The third-order valence-corrected chi connectivity index (χ3v) is 5.16. The summed E-state index contributed by atoms with van der Waals surface area (Å²) in [6.45, 7) is 2.17. The molecule has 13 heavy (non-hydrogen) atoms. The molecule has 0 aliphatic carbocycles. The predicted molar refractivity (Wildman–Crippen MR) is 59.0 cm³/mol. The molecule has 5 heteroatoms. The van der Waals surface area contributed by atoms with E-state index in [0.717, 1.165) is 12.5 Å². The van der Waals surface area contributed by atoms with Crippen molar-refractivity contribution in [1.29, 1.82) is 0 Å². The molecule has 3 nitrogen and oxygen atoms in total. The fourth-order valence-corrected chi connectivity index (χ4v) is 3.59. The fourth-order valence-electron chi connectivity index (χ4n) is 1.17. The van der Waals surface area contributed by atoms with Gasteiger partial charge in [0.1, 0.15) is 0 Å². The van der Waals surface area contributed by atoms with Gasteiger partial charge in [0.25, 0.3) is 0 Å². The lowest BCUT2D eigenvalue weighted by Gasteiger charge is -2.25. The Morgan fingerprint density at radius 1 is 1.15 bits per heavy atom. The second-order valence-corrected chi connectivity index (χ2v) is 6.05. The van der Waals surface area contributed by atoms with Crippen LogP contribution in [0, 0.1) is 0 Å². The number of hydrogen-bond acceptors (Lipinski definition) is 4. The molecule has 0 amide bonds. The van der Waals surface area contributed by atoms with Crippen LogP contribution in [-0.2, 0) is 13.3 Å². The van der Waals surface area contributed by atoms with Crippen molar-refractivity contribution in [3.8, 4) is 0 Å². The Labute approximate surface area is 87.5 Å². The molecule has 0 radical (unpaired) electrons. The van der Waals surface area contributed by atoms with Gasteiger partial charge in [-0.1, -0.05) is 19.8 Å². The molecule has 0 saturated heterocycles. The summed E-state index contributed by atoms with van der Waals surface area (Å²) >= 11 is 4.02. The Kier molecular flexibility index (Phi) is 8.08. The smallest absolute Gasteiger partial charge is 0.377 e. The summed E-state index contributed by atoms with van der Waals surface area (Å²) in [5.41, 5.74) is 0. The van der Waals surface area contributed by atoms with Crippen molar-refractivity contribution in [2.75, 3.05) is 20.2 Å². The molecule has 0 aliphatic heterocycles. The van der Waals surface area contributed by atoms with Gasteiger partial charge in [0, 0.05) is 20.3 Å². The van der Waals surface area contributed by atoms with E-state index in [4.69, 9.17) is 13.3 Å². The van der Waals surface area contributed by atoms with Crippen LogP contribution in [0.5, 0.6) is 0 Å². The highest BCUT2D eigenvalue weighted by Gasteiger charge is 2.37. The Morgan fingerprint density at radius 2 is 1.77 bits per heavy atom. The van der Waals surface area contributed by atoms with E-state index in [1.807, 2.05) is 0 Å². The highest BCUT2D eigenvalue weighted by atomic mass is 32.1. The Hall–Kier alpha value is 0.447. The minimum atomic E-state index is -2.36. The molecule has 0 saturated carbocycles. The lowest BCUT2D eigenvalue weighted by atomic mass is 10.3. The van der Waals surface area contributed by atoms with Gasteiger partial charge in [0.05, 0.1) is 5.94 Å². The second kappa shape index (κ2) is 7.81. The molecule has 0 bridgehead atoms. The lowest BCUT2D eigenvalue weighted by Crippen LogP contribution is -2.43. The van der Waals surface area contributed by atoms with Crippen LogP contribution in [0.15, 0.2) is 0 Å². The van der Waals surface area contributed by atoms with E-state index in [2.05, 4.69) is 19.6 Å². The normalized spacial score (nSPS) is 12.0. The van der Waals surface area contributed by atoms with Crippen LogP contribution in [0.2, 0.25) is 6.04 Å². The molecule has 0 fully saturated rings. The minimum Gasteiger partial charge on any atom is -0.377 e. The van der Waals surface area contributed by atoms with E-state index in [-0.39, 0.29) is 0 Å². The molecule has 0 N–H and O–H groups in total. The van der Waals surface area contributed by atoms with Crippen molar-refractivity contribution in [3.05, 3.63) is 0 Å². The third kappa shape index (κ3) is 5.02. The summed E-state index contributed by atoms with van der Waals surface area (Å²) in [7, 11) is 0.931. The molecule has 0 unspecified atom stereocenters. The molecule has 0 aromatic carbocycles. The molecule has 80 valence electrons. The summed E-state index contributed by atoms with van der Waals surface area (Å²) in [6.07, 6.45) is 3.48. The Balaban J connectivity index is 3.89. The topological polar surface area (TPSA) is 27.7 Å². The molecule has 0 spiro atoms. The number of hydrogen-bond donors (Lipinski definition) is 1. The first-order chi connectivity index (χ1) is 6.24. The molecule has 0 atom stereocenters. The van der Waals surface area contributed by atoms with Crippen molar-refractivity contribution >= 4 is 21.4 Å². The fraction of sp³-hybridized carbons (Fsp3) is 1.00. The van der Waals surface area contributed by atoms with Crippen molar-refractivity contribution < 1.29 is 13.3 Å². The zero-order chi connectivity index (χ0) is 10.2. The predicted octanol–water partition coefficient (Wildman–Crippen LogP) is 2.31. The van der Waals surface area contributed by atoms with E-state index >= 15 is 0 Å². The van der Waals surface area contributed by atoms with Crippen LogP contribution >= 0.6 is 12.6 Å². The van der Waals surface area contributed by atoms with E-state index in [1.165, 1.54) is 12.8 Å². The van der Waals surface area contributed by atoms with Crippen LogP contribution in [0.25, 0.3) is 0 Å². The number of rotatable bonds is 8. The highest BCUT2D eigenvalue weighted by molar-refractivity contribution is 7.80. The summed E-state index contributed by atoms with van der Waals surface area (Å²) in [6, 6.07) is 0.883. The van der Waals surface area contributed by atoms with Crippen LogP contribution in [0.1, 0.15) is 26.2 Å². The maximum absolute atomic E-state index is 5.43. The SMILES string of the molecule is CCCCC[Si](OC)(OC)OCS. The van der Waals surface area contributed by atoms with Crippen molar-refractivity contribution in [3.63, 3.8) is 0 Å². The molecule has 0 heterocycles. The Morgan fingerprint density at radius 3 is 2.15 bits per heavy atom. The maximum Gasteiger partial charge on any atom is 0.501 e. The van der Waals surface area contributed by atoms with Crippen molar-refractivity contribution in [2.24, 2.45) is 0 Å². The van der Waals surface area contributed by atoms with E-state index in [1.54, 1.807) is 14.2 Å². The van der Waals surface area contributed by atoms with Gasteiger partial charge in [-0.15, -0.1) is 0 Å². The lowest BCUT2D eigenvalue weighted by molar-refractivity contribution is 0.117. The first-order valence-electron chi connectivity index (χ1n) is 4.59. The molecule has 0 aliphatic rings. The molecular formula is C8H20O3SSi. The van der Waals surface area contributed by atoms with Gasteiger partial charge in [-0.2, -0.15) is 12.6 Å². The van der Waals surface area contributed by atoms with Crippen molar-refractivity contribution in [1.82, 2.24) is 0 Å². The quantitative estimate of drug-likeness (QED) is 0.297. The van der Waals surface area contributed by atoms with Gasteiger partial charge in [0.2, 0.25) is 0 Å². The first-order valence-corrected chi connectivity index (χ1v) is 7.16. The second-order valence-electron chi connectivity index (χ2n) is 2.82. The molecular weight excluding hydrogens is 204 g/mol. The summed E-state index contributed by atoms with van der Waals surface area (Å²) < 4.78 is 16.1. The zero-order valence-corrected chi connectivity index (χ0v) is 10.6. The Bertz CT molecular complexity index is 120. The standard InChI is InChI=1S/C8H20O3SSi/c1-4-5-6-7-13(9-2,10-3)11-8-12/h12H,4-8H2,1-3H3. The summed E-state index contributed by atoms with van der Waals surface area (Å²) in [5, 5.41) is 0. The van der Waals surface area contributed by atoms with E-state index < -0.39 is 8.80 Å². The molecule has 0 aromatic rings. The van der Waals surface area contributed by atoms with Crippen LogP contribution < -0.4 is 0 Å². The van der Waals surface area contributed by atoms with E-state index in [9.17, 15) is 0 Å². The van der Waals surface area contributed by atoms with Gasteiger partial charge < -0.3 is 13.3 Å². The van der Waals surface area contributed by atoms with E-state index in [0.29, 0.717) is 5.94 Å². The largest absolute Gasteiger partial charge is 0.501 e.